The quantitative estimate of drug-likeness (QED) is 0.709. The zero-order valence-corrected chi connectivity index (χ0v) is 9.79. The minimum atomic E-state index is 0.848. The van der Waals surface area contributed by atoms with E-state index >= 15 is 0 Å². The van der Waals surface area contributed by atoms with Gasteiger partial charge in [0.15, 0.2) is 7.28 Å². The molecule has 1 nitrogen and oxygen atoms in total. The Morgan fingerprint density at radius 3 is 2.81 bits per heavy atom. The van der Waals surface area contributed by atoms with Crippen molar-refractivity contribution in [1.29, 1.82) is 0 Å². The van der Waals surface area contributed by atoms with Crippen LogP contribution in [-0.4, -0.2) is 7.28 Å². The largest absolute Gasteiger partial charge is 0.456 e. The molecule has 0 amide bonds. The van der Waals surface area contributed by atoms with E-state index in [4.69, 9.17) is 4.42 Å². The molecule has 0 unspecified atom stereocenters. The van der Waals surface area contributed by atoms with Crippen LogP contribution in [0.5, 0.6) is 0 Å². The summed E-state index contributed by atoms with van der Waals surface area (Å²) in [5, 5.41) is 1.17. The number of hydrogen-bond donors (Lipinski definition) is 0. The number of allylic oxidation sites excluding steroid dienone is 1. The zero-order chi connectivity index (χ0) is 11.5. The molecule has 2 aromatic rings. The van der Waals surface area contributed by atoms with Crippen LogP contribution in [0.4, 0.5) is 0 Å². The Hall–Kier alpha value is -1.70. The van der Waals surface area contributed by atoms with Crippen molar-refractivity contribution in [3.63, 3.8) is 0 Å². The van der Waals surface area contributed by atoms with Gasteiger partial charge in [0.05, 0.1) is 0 Å². The third-order valence-electron chi connectivity index (χ3n) is 2.75. The zero-order valence-electron chi connectivity index (χ0n) is 9.79. The summed E-state index contributed by atoms with van der Waals surface area (Å²) < 4.78 is 5.73. The van der Waals surface area contributed by atoms with Crippen molar-refractivity contribution in [2.24, 2.45) is 0 Å². The van der Waals surface area contributed by atoms with Crippen molar-refractivity contribution in [2.75, 3.05) is 0 Å². The van der Waals surface area contributed by atoms with E-state index in [2.05, 4.69) is 31.6 Å². The predicted octanol–water partition coefficient (Wildman–Crippen LogP) is 3.22. The van der Waals surface area contributed by atoms with Crippen LogP contribution in [0.2, 0.25) is 6.82 Å². The van der Waals surface area contributed by atoms with Crippen LogP contribution in [-0.2, 0) is 0 Å². The molecule has 0 aliphatic rings. The van der Waals surface area contributed by atoms with Crippen molar-refractivity contribution in [2.45, 2.75) is 13.7 Å². The van der Waals surface area contributed by atoms with Gasteiger partial charge in [-0.15, -0.1) is 0 Å². The molecule has 16 heavy (non-hydrogen) atoms. The van der Waals surface area contributed by atoms with Gasteiger partial charge in [0.1, 0.15) is 11.3 Å². The molecular formula is C14H15BO. The van der Waals surface area contributed by atoms with E-state index in [9.17, 15) is 0 Å². The standard InChI is InChI=1S/C14H15BO/c1-4-6-11-12-9-10(15-3)7-8-14(12)16-13(11)5-2/h4-9,15H,2H2,1,3H3/b6-4-. The molecule has 0 saturated heterocycles. The Balaban J connectivity index is 2.75. The van der Waals surface area contributed by atoms with E-state index in [1.54, 1.807) is 6.08 Å². The average Bonchev–Trinajstić information content (AvgIpc) is 2.67. The smallest absolute Gasteiger partial charge is 0.154 e. The van der Waals surface area contributed by atoms with Gasteiger partial charge in [0.25, 0.3) is 0 Å². The summed E-state index contributed by atoms with van der Waals surface area (Å²) in [5.74, 6) is 0.848. The maximum absolute atomic E-state index is 5.73. The molecule has 2 heteroatoms. The Bertz CT molecular complexity index is 549. The van der Waals surface area contributed by atoms with Gasteiger partial charge in [-0.1, -0.05) is 43.1 Å². The van der Waals surface area contributed by atoms with Crippen molar-refractivity contribution < 1.29 is 4.42 Å². The van der Waals surface area contributed by atoms with E-state index in [1.165, 1.54) is 10.8 Å². The topological polar surface area (TPSA) is 13.1 Å². The first-order valence-electron chi connectivity index (χ1n) is 5.60. The van der Waals surface area contributed by atoms with Crippen LogP contribution in [0, 0.1) is 0 Å². The molecular weight excluding hydrogens is 195 g/mol. The van der Waals surface area contributed by atoms with Crippen LogP contribution < -0.4 is 5.46 Å². The number of hydrogen-bond acceptors (Lipinski definition) is 1. The molecule has 1 heterocycles. The number of rotatable bonds is 3. The highest BCUT2D eigenvalue weighted by Crippen LogP contribution is 2.27. The van der Waals surface area contributed by atoms with E-state index in [-0.39, 0.29) is 0 Å². The summed E-state index contributed by atoms with van der Waals surface area (Å²) >= 11 is 0. The highest BCUT2D eigenvalue weighted by Gasteiger charge is 2.09. The second-order valence-electron chi connectivity index (χ2n) is 3.77. The van der Waals surface area contributed by atoms with E-state index in [0.717, 1.165) is 24.2 Å². The van der Waals surface area contributed by atoms with Crippen molar-refractivity contribution in [1.82, 2.24) is 0 Å². The van der Waals surface area contributed by atoms with E-state index in [0.29, 0.717) is 0 Å². The fraction of sp³-hybridized carbons (Fsp3) is 0.143. The van der Waals surface area contributed by atoms with Crippen molar-refractivity contribution in [3.8, 4) is 0 Å². The molecule has 0 spiro atoms. The SMILES string of the molecule is C=Cc1oc2ccc(BC)cc2c1/C=C\C. The molecule has 0 saturated carbocycles. The lowest BCUT2D eigenvalue weighted by atomic mass is 9.73. The molecule has 0 N–H and O–H groups in total. The Labute approximate surface area is 96.7 Å². The average molecular weight is 210 g/mol. The molecule has 1 aromatic heterocycles. The summed E-state index contributed by atoms with van der Waals surface area (Å²) in [7, 11) is 1.04. The van der Waals surface area contributed by atoms with Gasteiger partial charge in [-0.2, -0.15) is 0 Å². The molecule has 2 rings (SSSR count). The first-order valence-corrected chi connectivity index (χ1v) is 5.60. The molecule has 80 valence electrons. The van der Waals surface area contributed by atoms with Gasteiger partial charge in [-0.25, -0.2) is 0 Å². The van der Waals surface area contributed by atoms with Gasteiger partial charge < -0.3 is 4.42 Å². The Morgan fingerprint density at radius 1 is 1.38 bits per heavy atom. The molecule has 0 fully saturated rings. The van der Waals surface area contributed by atoms with Gasteiger partial charge in [0.2, 0.25) is 0 Å². The van der Waals surface area contributed by atoms with Crippen LogP contribution in [0.3, 0.4) is 0 Å². The first kappa shape index (κ1) is 10.8. The third kappa shape index (κ3) is 1.71. The predicted molar refractivity (Wildman–Crippen MR) is 73.7 cm³/mol. The number of fused-ring (bicyclic) bond motifs is 1. The monoisotopic (exact) mass is 210 g/mol. The van der Waals surface area contributed by atoms with Gasteiger partial charge in [0, 0.05) is 10.9 Å². The summed E-state index contributed by atoms with van der Waals surface area (Å²) in [6.45, 7) is 7.95. The molecule has 0 radical (unpaired) electrons. The van der Waals surface area contributed by atoms with Gasteiger partial charge in [-0.05, 0) is 19.1 Å². The summed E-state index contributed by atoms with van der Waals surface area (Å²) in [4.78, 5) is 0. The highest BCUT2D eigenvalue weighted by atomic mass is 16.3. The molecule has 0 aliphatic heterocycles. The molecule has 0 aliphatic carbocycles. The maximum Gasteiger partial charge on any atom is 0.154 e. The van der Waals surface area contributed by atoms with E-state index in [1.807, 2.05) is 19.1 Å². The van der Waals surface area contributed by atoms with Crippen molar-refractivity contribution >= 4 is 35.9 Å². The second-order valence-corrected chi connectivity index (χ2v) is 3.77. The van der Waals surface area contributed by atoms with Gasteiger partial charge in [-0.3, -0.25) is 0 Å². The fourth-order valence-corrected chi connectivity index (χ4v) is 1.89. The summed E-state index contributed by atoms with van der Waals surface area (Å²) in [6.07, 6.45) is 5.86. The Morgan fingerprint density at radius 2 is 2.19 bits per heavy atom. The summed E-state index contributed by atoms with van der Waals surface area (Å²) in [6, 6.07) is 6.34. The lowest BCUT2D eigenvalue weighted by Gasteiger charge is -1.95. The number of benzene rings is 1. The van der Waals surface area contributed by atoms with Crippen LogP contribution >= 0.6 is 0 Å². The molecule has 0 atom stereocenters. The van der Waals surface area contributed by atoms with Crippen molar-refractivity contribution in [3.05, 3.63) is 42.2 Å². The third-order valence-corrected chi connectivity index (χ3v) is 2.75. The normalized spacial score (nSPS) is 11.1. The van der Waals surface area contributed by atoms with E-state index < -0.39 is 0 Å². The van der Waals surface area contributed by atoms with Crippen LogP contribution in [0.25, 0.3) is 23.1 Å². The maximum atomic E-state index is 5.73. The number of furan rings is 1. The van der Waals surface area contributed by atoms with Crippen LogP contribution in [0.1, 0.15) is 18.2 Å². The first-order chi connectivity index (χ1) is 7.80. The molecule has 0 bridgehead atoms. The lowest BCUT2D eigenvalue weighted by Crippen LogP contribution is -2.08. The second kappa shape index (κ2) is 4.44. The minimum Gasteiger partial charge on any atom is -0.456 e. The van der Waals surface area contributed by atoms with Crippen LogP contribution in [0.15, 0.2) is 35.3 Å². The Kier molecular flexibility index (Phi) is 3.00. The highest BCUT2D eigenvalue weighted by molar-refractivity contribution is 6.52. The molecule has 1 aromatic carbocycles. The fourth-order valence-electron chi connectivity index (χ4n) is 1.89. The lowest BCUT2D eigenvalue weighted by molar-refractivity contribution is 0.603. The summed E-state index contributed by atoms with van der Waals surface area (Å²) in [5.41, 5.74) is 3.39. The minimum absolute atomic E-state index is 0.848. The van der Waals surface area contributed by atoms with Gasteiger partial charge >= 0.3 is 0 Å².